The van der Waals surface area contributed by atoms with Gasteiger partial charge in [-0.05, 0) is 0 Å². The smallest absolute Gasteiger partial charge is 0.217 e. The number of aliphatic hydroxyl groups excluding tert-OH is 8. The van der Waals surface area contributed by atoms with Crippen molar-refractivity contribution in [1.82, 2.24) is 5.32 Å². The molecule has 17 heteroatoms. The predicted molar refractivity (Wildman–Crippen MR) is 119 cm³/mol. The summed E-state index contributed by atoms with van der Waals surface area (Å²) in [6, 6.07) is -5.26. The Hall–Kier alpha value is -1.13. The molecular weight excluding hydrogens is 504 g/mol. The molecule has 2 aliphatic heterocycles. The molecule has 17 nitrogen and oxygen atoms in total. The zero-order valence-electron chi connectivity index (χ0n) is 20.0. The molecule has 0 bridgehead atoms. The highest BCUT2D eigenvalue weighted by atomic mass is 16.7. The summed E-state index contributed by atoms with van der Waals surface area (Å²) in [6.07, 6.45) is -18.0. The number of nitrogens with two attached hydrogens (primary N) is 3. The molecule has 15 N–H and O–H groups in total. The van der Waals surface area contributed by atoms with Crippen molar-refractivity contribution in [2.75, 3.05) is 13.2 Å². The molecule has 3 aliphatic rings. The van der Waals surface area contributed by atoms with E-state index in [1.807, 2.05) is 0 Å². The lowest BCUT2D eigenvalue weighted by atomic mass is 9.81. The van der Waals surface area contributed by atoms with Crippen molar-refractivity contribution in [2.24, 2.45) is 17.2 Å². The fourth-order valence-electron chi connectivity index (χ4n) is 4.77. The second-order valence-corrected chi connectivity index (χ2v) is 9.55. The SMILES string of the molecule is CC(=O)N[C@H]1[C@H](O)[C@@H](N)[C@H](O[C@H]2O[C@H](CO)[C@@H](O[C@H]3O[C@H](CO)[C@@H](O)[C@H](O)[C@H]3N)[C@H](N)[C@H]2O)[C@@H](O)[C@@H]1O. The van der Waals surface area contributed by atoms with Crippen molar-refractivity contribution < 1.29 is 64.6 Å². The number of nitrogens with one attached hydrogen (secondary N) is 1. The summed E-state index contributed by atoms with van der Waals surface area (Å²) in [7, 11) is 0. The van der Waals surface area contributed by atoms with Gasteiger partial charge in [0, 0.05) is 6.92 Å². The highest BCUT2D eigenvalue weighted by Gasteiger charge is 2.53. The maximum atomic E-state index is 11.4. The molecule has 2 saturated heterocycles. The number of amides is 1. The molecule has 0 aromatic rings. The quantitative estimate of drug-likeness (QED) is 0.142. The summed E-state index contributed by atoms with van der Waals surface area (Å²) in [6.45, 7) is -0.222. The summed E-state index contributed by atoms with van der Waals surface area (Å²) in [4.78, 5) is 11.4. The van der Waals surface area contributed by atoms with E-state index in [1.54, 1.807) is 0 Å². The van der Waals surface area contributed by atoms with Crippen LogP contribution in [0.1, 0.15) is 6.92 Å². The number of hydrogen-bond acceptors (Lipinski definition) is 16. The Bertz CT molecular complexity index is 750. The van der Waals surface area contributed by atoms with Gasteiger partial charge >= 0.3 is 0 Å². The summed E-state index contributed by atoms with van der Waals surface area (Å²) in [5.74, 6) is -0.579. The van der Waals surface area contributed by atoms with Gasteiger partial charge in [-0.3, -0.25) is 4.79 Å². The van der Waals surface area contributed by atoms with Crippen LogP contribution in [-0.2, 0) is 23.7 Å². The molecule has 0 aromatic carbocycles. The fourth-order valence-corrected chi connectivity index (χ4v) is 4.77. The molecule has 2 heterocycles. The third-order valence-electron chi connectivity index (χ3n) is 6.98. The van der Waals surface area contributed by atoms with Crippen LogP contribution >= 0.6 is 0 Å². The minimum absolute atomic E-state index is 0.579. The number of carbonyl (C=O) groups excluding carboxylic acids is 1. The third kappa shape index (κ3) is 6.06. The molecular formula is C20H38N4O13. The van der Waals surface area contributed by atoms with E-state index in [-0.39, 0.29) is 0 Å². The van der Waals surface area contributed by atoms with Gasteiger partial charge in [-0.1, -0.05) is 0 Å². The number of aliphatic hydroxyl groups is 8. The van der Waals surface area contributed by atoms with Crippen LogP contribution in [0.25, 0.3) is 0 Å². The Labute approximate surface area is 211 Å². The highest BCUT2D eigenvalue weighted by Crippen LogP contribution is 2.31. The third-order valence-corrected chi connectivity index (χ3v) is 6.98. The molecule has 16 atom stereocenters. The van der Waals surface area contributed by atoms with Crippen molar-refractivity contribution in [3.8, 4) is 0 Å². The maximum Gasteiger partial charge on any atom is 0.217 e. The van der Waals surface area contributed by atoms with Gasteiger partial charge in [0.15, 0.2) is 12.6 Å². The monoisotopic (exact) mass is 542 g/mol. The summed E-state index contributed by atoms with van der Waals surface area (Å²) in [5, 5.41) is 83.9. The van der Waals surface area contributed by atoms with E-state index in [9.17, 15) is 45.6 Å². The van der Waals surface area contributed by atoms with E-state index < -0.39 is 117 Å². The average molecular weight is 543 g/mol. The second kappa shape index (κ2) is 12.4. The fraction of sp³-hybridized carbons (Fsp3) is 0.950. The summed E-state index contributed by atoms with van der Waals surface area (Å²) in [5.41, 5.74) is 18.0. The topological polar surface area (TPSA) is 306 Å². The van der Waals surface area contributed by atoms with E-state index in [0.717, 1.165) is 6.92 Å². The predicted octanol–water partition coefficient (Wildman–Crippen LogP) is -8.14. The van der Waals surface area contributed by atoms with Crippen LogP contribution in [0.4, 0.5) is 0 Å². The summed E-state index contributed by atoms with van der Waals surface area (Å²) < 4.78 is 22.3. The molecule has 1 aliphatic carbocycles. The summed E-state index contributed by atoms with van der Waals surface area (Å²) >= 11 is 0. The largest absolute Gasteiger partial charge is 0.394 e. The normalized spacial score (nSPS) is 51.0. The standard InChI is InChI=1S/C20H38N4O13/c1-4(27)24-10-12(29)7(21)18(16(33)15(10)32)37-20-14(31)8(22)17(6(3-26)35-20)36-19-9(23)13(30)11(28)5(2-25)34-19/h5-20,25-26,28-33H,2-3,21-23H2,1H3,(H,24,27)/t5-,6-,7-,8-,9-,10+,11-,12-,13-,14-,15-,16+,17-,18+,19-,20-/m1/s1. The lowest BCUT2D eigenvalue weighted by molar-refractivity contribution is -0.340. The van der Waals surface area contributed by atoms with Crippen LogP contribution in [0, 0.1) is 0 Å². The van der Waals surface area contributed by atoms with Gasteiger partial charge in [-0.2, -0.15) is 0 Å². The first-order chi connectivity index (χ1) is 17.3. The van der Waals surface area contributed by atoms with Crippen molar-refractivity contribution >= 4 is 5.91 Å². The zero-order chi connectivity index (χ0) is 27.8. The lowest BCUT2D eigenvalue weighted by Crippen LogP contribution is -2.73. The van der Waals surface area contributed by atoms with Gasteiger partial charge in [-0.25, -0.2) is 0 Å². The Morgan fingerprint density at radius 3 is 1.81 bits per heavy atom. The van der Waals surface area contributed by atoms with Gasteiger partial charge in [0.05, 0.1) is 43.5 Å². The van der Waals surface area contributed by atoms with E-state index in [2.05, 4.69) is 5.32 Å². The molecule has 216 valence electrons. The van der Waals surface area contributed by atoms with Crippen LogP contribution in [0.5, 0.6) is 0 Å². The average Bonchev–Trinajstić information content (AvgIpc) is 2.87. The molecule has 3 fully saturated rings. The van der Waals surface area contributed by atoms with Crippen molar-refractivity contribution in [2.45, 2.75) is 105 Å². The first-order valence-electron chi connectivity index (χ1n) is 11.8. The molecule has 0 aromatic heterocycles. The second-order valence-electron chi connectivity index (χ2n) is 9.55. The van der Waals surface area contributed by atoms with E-state index in [0.29, 0.717) is 0 Å². The molecule has 0 unspecified atom stereocenters. The number of carbonyl (C=O) groups is 1. The van der Waals surface area contributed by atoms with Crippen LogP contribution in [0.15, 0.2) is 0 Å². The van der Waals surface area contributed by atoms with Gasteiger partial charge in [-0.15, -0.1) is 0 Å². The maximum absolute atomic E-state index is 11.4. The highest BCUT2D eigenvalue weighted by molar-refractivity contribution is 5.73. The van der Waals surface area contributed by atoms with E-state index >= 15 is 0 Å². The van der Waals surface area contributed by atoms with Crippen molar-refractivity contribution in [3.05, 3.63) is 0 Å². The number of hydrogen-bond donors (Lipinski definition) is 12. The van der Waals surface area contributed by atoms with Crippen LogP contribution in [-0.4, -0.2) is 158 Å². The molecule has 0 radical (unpaired) electrons. The minimum Gasteiger partial charge on any atom is -0.394 e. The van der Waals surface area contributed by atoms with Crippen LogP contribution in [0.3, 0.4) is 0 Å². The van der Waals surface area contributed by atoms with Gasteiger partial charge in [0.25, 0.3) is 0 Å². The Kier molecular flexibility index (Phi) is 10.2. The van der Waals surface area contributed by atoms with Crippen LogP contribution < -0.4 is 22.5 Å². The Balaban J connectivity index is 1.72. The van der Waals surface area contributed by atoms with Gasteiger partial charge < -0.3 is 82.3 Å². The lowest BCUT2D eigenvalue weighted by Gasteiger charge is -2.49. The molecule has 37 heavy (non-hydrogen) atoms. The Morgan fingerprint density at radius 2 is 1.24 bits per heavy atom. The molecule has 1 saturated carbocycles. The first kappa shape index (κ1) is 30.4. The zero-order valence-corrected chi connectivity index (χ0v) is 20.0. The number of ether oxygens (including phenoxy) is 4. The van der Waals surface area contributed by atoms with Gasteiger partial charge in [0.2, 0.25) is 5.91 Å². The van der Waals surface area contributed by atoms with Crippen molar-refractivity contribution in [1.29, 1.82) is 0 Å². The van der Waals surface area contributed by atoms with E-state index in [4.69, 9.17) is 36.1 Å². The number of rotatable bonds is 7. The first-order valence-corrected chi connectivity index (χ1v) is 11.8. The molecule has 3 rings (SSSR count). The van der Waals surface area contributed by atoms with Crippen molar-refractivity contribution in [3.63, 3.8) is 0 Å². The minimum atomic E-state index is -1.72. The van der Waals surface area contributed by atoms with Gasteiger partial charge in [0.1, 0.15) is 54.9 Å². The molecule has 1 amide bonds. The molecule has 0 spiro atoms. The Morgan fingerprint density at radius 1 is 0.703 bits per heavy atom. The van der Waals surface area contributed by atoms with Crippen LogP contribution in [0.2, 0.25) is 0 Å². The van der Waals surface area contributed by atoms with E-state index in [1.165, 1.54) is 0 Å².